The fourth-order valence-electron chi connectivity index (χ4n) is 2.54. The molecule has 1 aromatic rings. The second-order valence-electron chi connectivity index (χ2n) is 5.06. The van der Waals surface area contributed by atoms with Crippen LogP contribution in [0.2, 0.25) is 0 Å². The lowest BCUT2D eigenvalue weighted by Crippen LogP contribution is -2.33. The van der Waals surface area contributed by atoms with Crippen LogP contribution in [0.1, 0.15) is 43.4 Å². The smallest absolute Gasteiger partial charge is 0.325 e. The molecule has 3 N–H and O–H groups in total. The van der Waals surface area contributed by atoms with E-state index in [1.807, 2.05) is 0 Å². The molecule has 6 heteroatoms. The van der Waals surface area contributed by atoms with E-state index < -0.39 is 11.2 Å². The van der Waals surface area contributed by atoms with Gasteiger partial charge in [-0.1, -0.05) is 12.8 Å². The van der Waals surface area contributed by atoms with E-state index in [1.54, 1.807) is 6.92 Å². The number of aryl methyl sites for hydroxylation is 1. The summed E-state index contributed by atoms with van der Waals surface area (Å²) >= 11 is 0. The van der Waals surface area contributed by atoms with Crippen molar-refractivity contribution >= 4 is 5.91 Å². The van der Waals surface area contributed by atoms with E-state index in [1.165, 1.54) is 12.8 Å². The Morgan fingerprint density at radius 2 is 1.95 bits per heavy atom. The normalized spacial score (nSPS) is 15.6. The summed E-state index contributed by atoms with van der Waals surface area (Å²) in [6.07, 6.45) is 5.05. The molecule has 0 aromatic carbocycles. The monoisotopic (exact) mass is 265 g/mol. The van der Waals surface area contributed by atoms with Gasteiger partial charge in [-0.2, -0.15) is 0 Å². The van der Waals surface area contributed by atoms with Gasteiger partial charge in [-0.25, -0.2) is 4.79 Å². The molecule has 1 saturated carbocycles. The molecule has 2 rings (SSSR count). The molecule has 0 saturated heterocycles. The lowest BCUT2D eigenvalue weighted by Gasteiger charge is -2.11. The van der Waals surface area contributed by atoms with Crippen LogP contribution in [0.15, 0.2) is 9.59 Å². The molecule has 19 heavy (non-hydrogen) atoms. The maximum Gasteiger partial charge on any atom is 0.325 e. The van der Waals surface area contributed by atoms with E-state index in [2.05, 4.69) is 15.3 Å². The van der Waals surface area contributed by atoms with Gasteiger partial charge in [0.25, 0.3) is 5.56 Å². The number of carbonyl (C=O) groups is 1. The van der Waals surface area contributed by atoms with E-state index in [0.717, 1.165) is 12.8 Å². The van der Waals surface area contributed by atoms with Crippen molar-refractivity contribution in [3.63, 3.8) is 0 Å². The van der Waals surface area contributed by atoms with Crippen molar-refractivity contribution in [2.24, 2.45) is 0 Å². The Kier molecular flexibility index (Phi) is 4.19. The van der Waals surface area contributed by atoms with E-state index in [0.29, 0.717) is 23.7 Å². The van der Waals surface area contributed by atoms with Gasteiger partial charge in [-0.3, -0.25) is 14.6 Å². The van der Waals surface area contributed by atoms with Gasteiger partial charge in [0, 0.05) is 23.7 Å². The quantitative estimate of drug-likeness (QED) is 0.733. The third-order valence-electron chi connectivity index (χ3n) is 3.58. The fourth-order valence-corrected chi connectivity index (χ4v) is 2.54. The molecular formula is C13H19N3O3. The number of H-pyrrole nitrogens is 2. The Morgan fingerprint density at radius 1 is 1.26 bits per heavy atom. The second-order valence-corrected chi connectivity index (χ2v) is 5.06. The van der Waals surface area contributed by atoms with Crippen LogP contribution in [0.25, 0.3) is 0 Å². The molecule has 1 aromatic heterocycles. The zero-order valence-corrected chi connectivity index (χ0v) is 11.0. The number of hydrogen-bond acceptors (Lipinski definition) is 3. The number of aromatic nitrogens is 2. The van der Waals surface area contributed by atoms with Crippen molar-refractivity contribution in [2.45, 2.75) is 51.5 Å². The SMILES string of the molecule is Cc1[nH]c(=O)[nH]c(=O)c1CCC(=O)NC1CCCC1. The topological polar surface area (TPSA) is 94.8 Å². The average molecular weight is 265 g/mol. The third-order valence-corrected chi connectivity index (χ3v) is 3.58. The Hall–Kier alpha value is -1.85. The zero-order chi connectivity index (χ0) is 13.8. The molecule has 1 amide bonds. The van der Waals surface area contributed by atoms with E-state index in [9.17, 15) is 14.4 Å². The van der Waals surface area contributed by atoms with Crippen molar-refractivity contribution in [3.8, 4) is 0 Å². The fraction of sp³-hybridized carbons (Fsp3) is 0.615. The lowest BCUT2D eigenvalue weighted by atomic mass is 10.1. The van der Waals surface area contributed by atoms with Crippen LogP contribution in [-0.4, -0.2) is 21.9 Å². The number of nitrogens with one attached hydrogen (secondary N) is 3. The molecule has 6 nitrogen and oxygen atoms in total. The highest BCUT2D eigenvalue weighted by molar-refractivity contribution is 5.76. The average Bonchev–Trinajstić information content (AvgIpc) is 2.80. The Bertz CT molecular complexity index is 567. The number of hydrogen-bond donors (Lipinski definition) is 3. The van der Waals surface area contributed by atoms with Gasteiger partial charge in [-0.05, 0) is 26.2 Å². The highest BCUT2D eigenvalue weighted by atomic mass is 16.2. The van der Waals surface area contributed by atoms with E-state index in [-0.39, 0.29) is 12.3 Å². The molecule has 1 aliphatic carbocycles. The highest BCUT2D eigenvalue weighted by Crippen LogP contribution is 2.17. The number of rotatable bonds is 4. The van der Waals surface area contributed by atoms with Gasteiger partial charge in [0.2, 0.25) is 5.91 Å². The van der Waals surface area contributed by atoms with Crippen molar-refractivity contribution in [1.29, 1.82) is 0 Å². The molecule has 0 aliphatic heterocycles. The summed E-state index contributed by atoms with van der Waals surface area (Å²) in [5.41, 5.74) is 0.0835. The number of aromatic amines is 2. The molecule has 1 aliphatic rings. The zero-order valence-electron chi connectivity index (χ0n) is 11.0. The van der Waals surface area contributed by atoms with Gasteiger partial charge in [-0.15, -0.1) is 0 Å². The van der Waals surface area contributed by atoms with E-state index in [4.69, 9.17) is 0 Å². The summed E-state index contributed by atoms with van der Waals surface area (Å²) in [6.45, 7) is 1.67. The summed E-state index contributed by atoms with van der Waals surface area (Å²) in [5, 5.41) is 2.98. The minimum atomic E-state index is -0.512. The molecular weight excluding hydrogens is 246 g/mol. The van der Waals surface area contributed by atoms with Crippen molar-refractivity contribution < 1.29 is 4.79 Å². The van der Waals surface area contributed by atoms with Gasteiger partial charge < -0.3 is 10.3 Å². The van der Waals surface area contributed by atoms with Gasteiger partial charge in [0.05, 0.1) is 0 Å². The van der Waals surface area contributed by atoms with Crippen LogP contribution in [-0.2, 0) is 11.2 Å². The first-order valence-corrected chi connectivity index (χ1v) is 6.67. The van der Waals surface area contributed by atoms with Crippen LogP contribution in [0.4, 0.5) is 0 Å². The Labute approximate surface area is 110 Å². The summed E-state index contributed by atoms with van der Waals surface area (Å²) in [4.78, 5) is 39.1. The molecule has 0 atom stereocenters. The lowest BCUT2D eigenvalue weighted by molar-refractivity contribution is -0.121. The first kappa shape index (κ1) is 13.6. The first-order valence-electron chi connectivity index (χ1n) is 6.67. The maximum atomic E-state index is 11.8. The summed E-state index contributed by atoms with van der Waals surface area (Å²) in [5.74, 6) is -0.0306. The minimum Gasteiger partial charge on any atom is -0.353 e. The Balaban J connectivity index is 1.93. The largest absolute Gasteiger partial charge is 0.353 e. The van der Waals surface area contributed by atoms with Crippen molar-refractivity contribution in [1.82, 2.24) is 15.3 Å². The third kappa shape index (κ3) is 3.56. The summed E-state index contributed by atoms with van der Waals surface area (Å²) < 4.78 is 0. The maximum absolute atomic E-state index is 11.8. The predicted molar refractivity (Wildman–Crippen MR) is 71.1 cm³/mol. The van der Waals surface area contributed by atoms with Gasteiger partial charge >= 0.3 is 5.69 Å². The predicted octanol–water partition coefficient (Wildman–Crippen LogP) is 0.363. The molecule has 0 unspecified atom stereocenters. The van der Waals surface area contributed by atoms with Crippen molar-refractivity contribution in [3.05, 3.63) is 32.1 Å². The van der Waals surface area contributed by atoms with Crippen molar-refractivity contribution in [2.75, 3.05) is 0 Å². The van der Waals surface area contributed by atoms with Gasteiger partial charge in [0.1, 0.15) is 0 Å². The van der Waals surface area contributed by atoms with Gasteiger partial charge in [0.15, 0.2) is 0 Å². The second kappa shape index (κ2) is 5.86. The molecule has 1 heterocycles. The highest BCUT2D eigenvalue weighted by Gasteiger charge is 2.17. The Morgan fingerprint density at radius 3 is 2.58 bits per heavy atom. The summed E-state index contributed by atoms with van der Waals surface area (Å²) in [6, 6.07) is 0.294. The molecule has 1 fully saturated rings. The standard InChI is InChI=1S/C13H19N3O3/c1-8-10(12(18)16-13(19)14-8)6-7-11(17)15-9-4-2-3-5-9/h9H,2-7H2,1H3,(H,15,17)(H2,14,16,18,19). The van der Waals surface area contributed by atoms with Crippen LogP contribution in [0, 0.1) is 6.92 Å². The molecule has 104 valence electrons. The van der Waals surface area contributed by atoms with E-state index >= 15 is 0 Å². The molecule has 0 spiro atoms. The van der Waals surface area contributed by atoms with Crippen LogP contribution in [0.3, 0.4) is 0 Å². The number of carbonyl (C=O) groups excluding carboxylic acids is 1. The summed E-state index contributed by atoms with van der Waals surface area (Å²) in [7, 11) is 0. The van der Waals surface area contributed by atoms with Crippen LogP contribution in [0.5, 0.6) is 0 Å². The molecule has 0 bridgehead atoms. The molecule has 0 radical (unpaired) electrons. The first-order chi connectivity index (χ1) is 9.06. The number of amides is 1. The van der Waals surface area contributed by atoms with Crippen LogP contribution >= 0.6 is 0 Å². The minimum absolute atomic E-state index is 0.0306. The van der Waals surface area contributed by atoms with Crippen LogP contribution < -0.4 is 16.6 Å².